The Morgan fingerprint density at radius 3 is 2.77 bits per heavy atom. The van der Waals surface area contributed by atoms with Crippen molar-refractivity contribution in [3.05, 3.63) is 38.6 Å². The number of nitrogen functional groups attached to an aromatic ring is 1. The van der Waals surface area contributed by atoms with Crippen LogP contribution in [-0.2, 0) is 5.75 Å². The van der Waals surface area contributed by atoms with Gasteiger partial charge in [-0.1, -0.05) is 17.4 Å². The maximum atomic E-state index is 10.7. The van der Waals surface area contributed by atoms with Gasteiger partial charge in [0.25, 0.3) is 6.20 Å². The lowest BCUT2D eigenvalue weighted by Crippen LogP contribution is -2.30. The van der Waals surface area contributed by atoms with Gasteiger partial charge < -0.3 is 16.4 Å². The first-order chi connectivity index (χ1) is 12.6. The molecule has 9 nitrogen and oxygen atoms in total. The van der Waals surface area contributed by atoms with E-state index in [1.54, 1.807) is 35.5 Å². The molecule has 1 aromatic heterocycles. The van der Waals surface area contributed by atoms with E-state index in [-0.39, 0.29) is 0 Å². The van der Waals surface area contributed by atoms with Gasteiger partial charge in [0, 0.05) is 36.9 Å². The molecule has 0 unspecified atom stereocenters. The quantitative estimate of drug-likeness (QED) is 0.182. The zero-order valence-electron chi connectivity index (χ0n) is 14.0. The van der Waals surface area contributed by atoms with Gasteiger partial charge in [-0.2, -0.15) is 11.8 Å². The molecule has 2 heterocycles. The molecule has 0 atom stereocenters. The largest absolute Gasteiger partial charge is 0.374 e. The van der Waals surface area contributed by atoms with E-state index < -0.39 is 4.92 Å². The lowest BCUT2D eigenvalue weighted by atomic mass is 10.6. The summed E-state index contributed by atoms with van der Waals surface area (Å²) in [6.07, 6.45) is 3.10. The first-order valence-corrected chi connectivity index (χ1v) is 11.7. The molecule has 0 fully saturated rings. The smallest absolute Gasteiger partial charge is 0.274 e. The lowest BCUT2D eigenvalue weighted by Gasteiger charge is -2.14. The summed E-state index contributed by atoms with van der Waals surface area (Å²) >= 11 is 6.56. The Kier molecular flexibility index (Phi) is 9.99. The third kappa shape index (κ3) is 8.98. The SMILES string of the molecule is Nc1nnc(CSCCNC(=C[N+](=O)[O-])NCCSCN2CC=CS2)s1. The van der Waals surface area contributed by atoms with Gasteiger partial charge in [-0.25, -0.2) is 4.31 Å². The Balaban J connectivity index is 1.56. The summed E-state index contributed by atoms with van der Waals surface area (Å²) in [5, 5.41) is 28.1. The number of hydrogen-bond acceptors (Lipinski definition) is 12. The van der Waals surface area contributed by atoms with Crippen molar-refractivity contribution in [3.8, 4) is 0 Å². The second-order valence-corrected chi connectivity index (χ2v) is 9.22. The molecule has 0 aromatic carbocycles. The highest BCUT2D eigenvalue weighted by molar-refractivity contribution is 8.02. The molecule has 0 spiro atoms. The first kappa shape index (κ1) is 21.2. The van der Waals surface area contributed by atoms with Crippen LogP contribution in [0.4, 0.5) is 5.13 Å². The van der Waals surface area contributed by atoms with Crippen LogP contribution in [0.15, 0.2) is 23.5 Å². The Bertz CT molecular complexity index is 617. The molecule has 0 saturated carbocycles. The zero-order chi connectivity index (χ0) is 18.6. The van der Waals surface area contributed by atoms with Crippen LogP contribution in [0.1, 0.15) is 5.01 Å². The molecular weight excluding hydrogens is 414 g/mol. The van der Waals surface area contributed by atoms with Crippen LogP contribution in [0.25, 0.3) is 0 Å². The van der Waals surface area contributed by atoms with E-state index in [1.807, 2.05) is 0 Å². The Morgan fingerprint density at radius 2 is 2.15 bits per heavy atom. The molecule has 1 aromatic rings. The highest BCUT2D eigenvalue weighted by Crippen LogP contribution is 2.20. The third-order valence-corrected chi connectivity index (χ3v) is 6.86. The van der Waals surface area contributed by atoms with Crippen molar-refractivity contribution in [2.45, 2.75) is 5.75 Å². The summed E-state index contributed by atoms with van der Waals surface area (Å²) in [5.74, 6) is 3.78. The molecular formula is C13H21N7O2S4. The van der Waals surface area contributed by atoms with Crippen molar-refractivity contribution in [1.29, 1.82) is 0 Å². The zero-order valence-corrected chi connectivity index (χ0v) is 17.3. The predicted octanol–water partition coefficient (Wildman–Crippen LogP) is 1.78. The maximum Gasteiger partial charge on any atom is 0.274 e. The number of hydrogen-bond donors (Lipinski definition) is 3. The number of nitrogens with zero attached hydrogens (tertiary/aromatic N) is 4. The minimum absolute atomic E-state index is 0.438. The van der Waals surface area contributed by atoms with Crippen molar-refractivity contribution in [2.24, 2.45) is 0 Å². The fourth-order valence-electron chi connectivity index (χ4n) is 1.84. The molecule has 0 bridgehead atoms. The molecule has 2 rings (SSSR count). The number of rotatable bonds is 13. The first-order valence-electron chi connectivity index (χ1n) is 7.76. The highest BCUT2D eigenvalue weighted by Gasteiger charge is 2.07. The lowest BCUT2D eigenvalue weighted by molar-refractivity contribution is -0.404. The summed E-state index contributed by atoms with van der Waals surface area (Å²) in [6, 6.07) is 0. The second kappa shape index (κ2) is 12.3. The van der Waals surface area contributed by atoms with Crippen molar-refractivity contribution in [1.82, 2.24) is 25.1 Å². The average Bonchev–Trinajstić information content (AvgIpc) is 3.25. The molecule has 0 aliphatic carbocycles. The fourth-order valence-corrected chi connectivity index (χ4v) is 5.02. The number of aromatic nitrogens is 2. The molecule has 1 aliphatic rings. The van der Waals surface area contributed by atoms with Crippen LogP contribution < -0.4 is 16.4 Å². The van der Waals surface area contributed by atoms with Crippen molar-refractivity contribution in [3.63, 3.8) is 0 Å². The number of nitrogens with one attached hydrogen (secondary N) is 2. The van der Waals surface area contributed by atoms with Gasteiger partial charge in [-0.3, -0.25) is 10.1 Å². The minimum Gasteiger partial charge on any atom is -0.374 e. The van der Waals surface area contributed by atoms with Crippen LogP contribution in [0.3, 0.4) is 0 Å². The number of nitro groups is 1. The average molecular weight is 436 g/mol. The van der Waals surface area contributed by atoms with Crippen molar-refractivity contribution in [2.75, 3.05) is 42.8 Å². The van der Waals surface area contributed by atoms with E-state index >= 15 is 0 Å². The monoisotopic (exact) mass is 435 g/mol. The third-order valence-electron chi connectivity index (χ3n) is 2.92. The Hall–Kier alpha value is -1.15. The molecule has 1 aliphatic heterocycles. The molecule has 26 heavy (non-hydrogen) atoms. The predicted molar refractivity (Wildman–Crippen MR) is 112 cm³/mol. The van der Waals surface area contributed by atoms with E-state index in [0.717, 1.165) is 40.9 Å². The van der Waals surface area contributed by atoms with Gasteiger partial charge in [0.1, 0.15) is 5.01 Å². The van der Waals surface area contributed by atoms with Gasteiger partial charge in [0.15, 0.2) is 5.82 Å². The number of thioether (sulfide) groups is 2. The topological polar surface area (TPSA) is 122 Å². The van der Waals surface area contributed by atoms with Gasteiger partial charge in [-0.05, 0) is 17.4 Å². The summed E-state index contributed by atoms with van der Waals surface area (Å²) < 4.78 is 2.25. The number of anilines is 1. The summed E-state index contributed by atoms with van der Waals surface area (Å²) in [5.41, 5.74) is 5.53. The van der Waals surface area contributed by atoms with Crippen molar-refractivity contribution >= 4 is 51.9 Å². The fraction of sp³-hybridized carbons (Fsp3) is 0.538. The van der Waals surface area contributed by atoms with Crippen LogP contribution in [-0.4, -0.2) is 56.4 Å². The number of nitrogens with two attached hydrogens (primary N) is 1. The van der Waals surface area contributed by atoms with E-state index in [2.05, 4.69) is 36.6 Å². The highest BCUT2D eigenvalue weighted by atomic mass is 32.2. The van der Waals surface area contributed by atoms with E-state index in [9.17, 15) is 10.1 Å². The maximum absolute atomic E-state index is 10.7. The molecule has 0 saturated heterocycles. The summed E-state index contributed by atoms with van der Waals surface area (Å²) in [6.45, 7) is 2.26. The molecule has 144 valence electrons. The minimum atomic E-state index is -0.452. The van der Waals surface area contributed by atoms with Crippen LogP contribution in [0.5, 0.6) is 0 Å². The summed E-state index contributed by atoms with van der Waals surface area (Å²) in [7, 11) is 0. The summed E-state index contributed by atoms with van der Waals surface area (Å²) in [4.78, 5) is 10.3. The Morgan fingerprint density at radius 1 is 1.38 bits per heavy atom. The van der Waals surface area contributed by atoms with Crippen LogP contribution in [0.2, 0.25) is 0 Å². The van der Waals surface area contributed by atoms with Gasteiger partial charge in [0.05, 0.1) is 10.8 Å². The van der Waals surface area contributed by atoms with Crippen molar-refractivity contribution < 1.29 is 4.92 Å². The van der Waals surface area contributed by atoms with E-state index in [4.69, 9.17) is 5.73 Å². The van der Waals surface area contributed by atoms with Gasteiger partial charge in [-0.15, -0.1) is 22.0 Å². The van der Waals surface area contributed by atoms with Gasteiger partial charge >= 0.3 is 0 Å². The van der Waals surface area contributed by atoms with E-state index in [0.29, 0.717) is 24.0 Å². The molecule has 4 N–H and O–H groups in total. The standard InChI is InChI=1S/C13H21N7O2S4/c14-13-18-17-12(26-13)9-23-6-2-15-11(8-20(21)22)16-3-7-24-10-19-4-1-5-25-19/h1,5,8,15-16H,2-4,6-7,9-10H2,(H2,14,18). The Labute approximate surface area is 168 Å². The van der Waals surface area contributed by atoms with Crippen LogP contribution >= 0.6 is 46.8 Å². The van der Waals surface area contributed by atoms with Crippen LogP contribution in [0, 0.1) is 10.1 Å². The van der Waals surface area contributed by atoms with Gasteiger partial charge in [0.2, 0.25) is 5.13 Å². The normalized spacial score (nSPS) is 14.7. The molecule has 0 amide bonds. The molecule has 13 heteroatoms. The van der Waals surface area contributed by atoms with E-state index in [1.165, 1.54) is 11.3 Å². The molecule has 0 radical (unpaired) electrons. The second-order valence-electron chi connectivity index (χ2n) is 4.95.